The zero-order valence-electron chi connectivity index (χ0n) is 8.24. The number of nitrogens with zero attached hydrogens (tertiary/aromatic N) is 1. The van der Waals surface area contributed by atoms with Gasteiger partial charge in [-0.15, -0.1) is 11.8 Å². The fourth-order valence-electron chi connectivity index (χ4n) is 0.596. The first kappa shape index (κ1) is 12.3. The van der Waals surface area contributed by atoms with Gasteiger partial charge in [-0.05, 0) is 12.8 Å². The SMILES string of the molecule is CC(C)COC(=O)C(C)SCC#N. The molecule has 0 aromatic heterocycles. The van der Waals surface area contributed by atoms with Crippen molar-refractivity contribution in [3.05, 3.63) is 0 Å². The highest BCUT2D eigenvalue weighted by Gasteiger charge is 2.14. The smallest absolute Gasteiger partial charge is 0.318 e. The van der Waals surface area contributed by atoms with Gasteiger partial charge in [0.2, 0.25) is 0 Å². The van der Waals surface area contributed by atoms with E-state index in [9.17, 15) is 4.79 Å². The Balaban J connectivity index is 3.64. The van der Waals surface area contributed by atoms with Gasteiger partial charge in [-0.1, -0.05) is 13.8 Å². The Labute approximate surface area is 83.4 Å². The number of carbonyl (C=O) groups is 1. The maximum atomic E-state index is 11.2. The van der Waals surface area contributed by atoms with Gasteiger partial charge in [0.05, 0.1) is 18.4 Å². The minimum atomic E-state index is -0.238. The lowest BCUT2D eigenvalue weighted by Gasteiger charge is -2.10. The van der Waals surface area contributed by atoms with Crippen LogP contribution in [0.3, 0.4) is 0 Å². The molecule has 3 nitrogen and oxygen atoms in total. The molecule has 4 heteroatoms. The van der Waals surface area contributed by atoms with E-state index in [2.05, 4.69) is 0 Å². The van der Waals surface area contributed by atoms with E-state index in [1.54, 1.807) is 6.92 Å². The first-order valence-electron chi connectivity index (χ1n) is 4.23. The Bertz CT molecular complexity index is 198. The van der Waals surface area contributed by atoms with Crippen molar-refractivity contribution in [1.29, 1.82) is 5.26 Å². The molecule has 0 fully saturated rings. The summed E-state index contributed by atoms with van der Waals surface area (Å²) in [5.41, 5.74) is 0. The molecule has 1 atom stereocenters. The van der Waals surface area contributed by atoms with Crippen LogP contribution in [0.5, 0.6) is 0 Å². The van der Waals surface area contributed by atoms with Gasteiger partial charge >= 0.3 is 5.97 Å². The lowest BCUT2D eigenvalue weighted by molar-refractivity contribution is -0.143. The van der Waals surface area contributed by atoms with E-state index in [1.807, 2.05) is 19.9 Å². The molecule has 1 unspecified atom stereocenters. The van der Waals surface area contributed by atoms with E-state index in [4.69, 9.17) is 10.00 Å². The van der Waals surface area contributed by atoms with Gasteiger partial charge in [-0.2, -0.15) is 5.26 Å². The van der Waals surface area contributed by atoms with Gasteiger partial charge < -0.3 is 4.74 Å². The molecule has 0 radical (unpaired) electrons. The maximum absolute atomic E-state index is 11.2. The van der Waals surface area contributed by atoms with E-state index in [0.29, 0.717) is 18.3 Å². The Hall–Kier alpha value is -0.690. The predicted molar refractivity (Wildman–Crippen MR) is 53.3 cm³/mol. The highest BCUT2D eigenvalue weighted by Crippen LogP contribution is 2.11. The van der Waals surface area contributed by atoms with Crippen molar-refractivity contribution in [3.8, 4) is 6.07 Å². The summed E-state index contributed by atoms with van der Waals surface area (Å²) in [6.45, 7) is 6.18. The van der Waals surface area contributed by atoms with Crippen molar-refractivity contribution in [2.45, 2.75) is 26.0 Å². The topological polar surface area (TPSA) is 50.1 Å². The van der Waals surface area contributed by atoms with Crippen LogP contribution in [0.2, 0.25) is 0 Å². The quantitative estimate of drug-likeness (QED) is 0.637. The number of nitriles is 1. The van der Waals surface area contributed by atoms with Crippen molar-refractivity contribution in [2.24, 2.45) is 5.92 Å². The summed E-state index contributed by atoms with van der Waals surface area (Å²) < 4.78 is 4.99. The molecule has 0 amide bonds. The molecule has 0 saturated heterocycles. The molecule has 0 heterocycles. The summed E-state index contributed by atoms with van der Waals surface area (Å²) in [5, 5.41) is 8.05. The fraction of sp³-hybridized carbons (Fsp3) is 0.778. The Morgan fingerprint density at radius 1 is 1.54 bits per heavy atom. The van der Waals surface area contributed by atoms with Gasteiger partial charge in [0, 0.05) is 0 Å². The largest absolute Gasteiger partial charge is 0.465 e. The number of hydrogen-bond donors (Lipinski definition) is 0. The van der Waals surface area contributed by atoms with Crippen LogP contribution in [0, 0.1) is 17.2 Å². The second kappa shape index (κ2) is 6.79. The molecule has 74 valence electrons. The van der Waals surface area contributed by atoms with E-state index in [1.165, 1.54) is 11.8 Å². The molecular weight excluding hydrogens is 186 g/mol. The summed E-state index contributed by atoms with van der Waals surface area (Å²) in [6, 6.07) is 1.97. The monoisotopic (exact) mass is 201 g/mol. The standard InChI is InChI=1S/C9H15NO2S/c1-7(2)6-12-9(11)8(3)13-5-4-10/h7-8H,5-6H2,1-3H3. The molecule has 0 aliphatic heterocycles. The van der Waals surface area contributed by atoms with E-state index in [-0.39, 0.29) is 11.2 Å². The second-order valence-electron chi connectivity index (χ2n) is 3.14. The third-order valence-electron chi connectivity index (χ3n) is 1.29. The summed E-state index contributed by atoms with van der Waals surface area (Å²) >= 11 is 1.30. The molecular formula is C9H15NO2S. The lowest BCUT2D eigenvalue weighted by Crippen LogP contribution is -2.19. The first-order valence-corrected chi connectivity index (χ1v) is 5.28. The van der Waals surface area contributed by atoms with Gasteiger partial charge in [0.15, 0.2) is 0 Å². The number of esters is 1. The molecule has 0 aromatic rings. The number of thioether (sulfide) groups is 1. The number of rotatable bonds is 5. The number of hydrogen-bond acceptors (Lipinski definition) is 4. The summed E-state index contributed by atoms with van der Waals surface area (Å²) in [6.07, 6.45) is 0. The van der Waals surface area contributed by atoms with Crippen LogP contribution in [0.25, 0.3) is 0 Å². The first-order chi connectivity index (χ1) is 6.07. The molecule has 0 aromatic carbocycles. The van der Waals surface area contributed by atoms with Gasteiger partial charge in [-0.3, -0.25) is 4.79 Å². The normalized spacial score (nSPS) is 12.2. The Morgan fingerprint density at radius 2 is 2.15 bits per heavy atom. The number of carbonyl (C=O) groups excluding carboxylic acids is 1. The Morgan fingerprint density at radius 3 is 2.62 bits per heavy atom. The van der Waals surface area contributed by atoms with Gasteiger partial charge in [0.25, 0.3) is 0 Å². The molecule has 0 N–H and O–H groups in total. The lowest BCUT2D eigenvalue weighted by atomic mass is 10.2. The van der Waals surface area contributed by atoms with E-state index >= 15 is 0 Å². The third-order valence-corrected chi connectivity index (χ3v) is 2.28. The number of ether oxygens (including phenoxy) is 1. The minimum Gasteiger partial charge on any atom is -0.465 e. The van der Waals surface area contributed by atoms with Crippen molar-refractivity contribution in [3.63, 3.8) is 0 Å². The predicted octanol–water partition coefficient (Wildman–Crippen LogP) is 1.83. The van der Waals surface area contributed by atoms with Crippen LogP contribution < -0.4 is 0 Å². The zero-order valence-corrected chi connectivity index (χ0v) is 9.06. The van der Waals surface area contributed by atoms with Crippen LogP contribution in [-0.2, 0) is 9.53 Å². The molecule has 0 spiro atoms. The highest BCUT2D eigenvalue weighted by molar-refractivity contribution is 8.00. The van der Waals surface area contributed by atoms with Gasteiger partial charge in [0.1, 0.15) is 5.25 Å². The Kier molecular flexibility index (Phi) is 6.43. The van der Waals surface area contributed by atoms with E-state index in [0.717, 1.165) is 0 Å². The minimum absolute atomic E-state index is 0.228. The molecule has 0 aliphatic rings. The van der Waals surface area contributed by atoms with Gasteiger partial charge in [-0.25, -0.2) is 0 Å². The fourth-order valence-corrected chi connectivity index (χ4v) is 1.13. The summed E-state index contributed by atoms with van der Waals surface area (Å²) in [5.74, 6) is 0.462. The molecule has 13 heavy (non-hydrogen) atoms. The highest BCUT2D eigenvalue weighted by atomic mass is 32.2. The summed E-state index contributed by atoms with van der Waals surface area (Å²) in [7, 11) is 0. The molecule has 0 saturated carbocycles. The van der Waals surface area contributed by atoms with Crippen LogP contribution in [-0.4, -0.2) is 23.6 Å². The van der Waals surface area contributed by atoms with Crippen LogP contribution in [0.4, 0.5) is 0 Å². The second-order valence-corrected chi connectivity index (χ2v) is 4.46. The summed E-state index contributed by atoms with van der Waals surface area (Å²) in [4.78, 5) is 11.2. The van der Waals surface area contributed by atoms with Crippen LogP contribution in [0.1, 0.15) is 20.8 Å². The average molecular weight is 201 g/mol. The maximum Gasteiger partial charge on any atom is 0.318 e. The van der Waals surface area contributed by atoms with Crippen molar-refractivity contribution >= 4 is 17.7 Å². The van der Waals surface area contributed by atoms with Crippen molar-refractivity contribution < 1.29 is 9.53 Å². The van der Waals surface area contributed by atoms with Crippen LogP contribution >= 0.6 is 11.8 Å². The molecule has 0 bridgehead atoms. The average Bonchev–Trinajstić information content (AvgIpc) is 2.10. The zero-order chi connectivity index (χ0) is 10.3. The van der Waals surface area contributed by atoms with E-state index < -0.39 is 0 Å². The molecule has 0 rings (SSSR count). The molecule has 0 aliphatic carbocycles. The van der Waals surface area contributed by atoms with Crippen molar-refractivity contribution in [2.75, 3.05) is 12.4 Å². The van der Waals surface area contributed by atoms with Crippen molar-refractivity contribution in [1.82, 2.24) is 0 Å². The third kappa shape index (κ3) is 6.47. The van der Waals surface area contributed by atoms with Crippen LogP contribution in [0.15, 0.2) is 0 Å².